The average molecular weight is 232 g/mol. The first-order valence-corrected chi connectivity index (χ1v) is 5.41. The van der Waals surface area contributed by atoms with Crippen LogP contribution in [0.1, 0.15) is 6.42 Å². The fourth-order valence-electron chi connectivity index (χ4n) is 1.49. The highest BCUT2D eigenvalue weighted by Crippen LogP contribution is 2.01. The molecule has 1 fully saturated rings. The number of amides is 1. The summed E-state index contributed by atoms with van der Waals surface area (Å²) in [5.41, 5.74) is 0. The maximum Gasteiger partial charge on any atom is 0.222 e. The summed E-state index contributed by atoms with van der Waals surface area (Å²) in [6.45, 7) is 2.60. The molecule has 1 unspecified atom stereocenters. The molecule has 0 aromatic rings. The minimum atomic E-state index is -0.394. The molecule has 1 aliphatic rings. The van der Waals surface area contributed by atoms with Crippen LogP contribution in [0.4, 0.5) is 0 Å². The predicted molar refractivity (Wildman–Crippen MR) is 58.0 cm³/mol. The highest BCUT2D eigenvalue weighted by molar-refractivity contribution is 5.76. The first-order valence-electron chi connectivity index (χ1n) is 5.41. The zero-order chi connectivity index (χ0) is 11.8. The lowest BCUT2D eigenvalue weighted by molar-refractivity contribution is -0.130. The number of carbonyl (C=O) groups is 1. The van der Waals surface area contributed by atoms with Crippen molar-refractivity contribution < 1.29 is 19.0 Å². The van der Waals surface area contributed by atoms with Crippen LogP contribution in [0.3, 0.4) is 0 Å². The second-order valence-corrected chi connectivity index (χ2v) is 3.61. The van der Waals surface area contributed by atoms with Gasteiger partial charge in [0.1, 0.15) is 0 Å². The molecular weight excluding hydrogens is 212 g/mol. The molecule has 0 spiro atoms. The summed E-state index contributed by atoms with van der Waals surface area (Å²) >= 11 is 0. The third-order valence-corrected chi connectivity index (χ3v) is 2.41. The Bertz CT molecular complexity index is 203. The molecule has 0 aliphatic carbocycles. The number of carbonyl (C=O) groups excluding carboxylic acids is 1. The van der Waals surface area contributed by atoms with Crippen LogP contribution in [-0.4, -0.2) is 58.8 Å². The van der Waals surface area contributed by atoms with E-state index in [2.05, 4.69) is 10.6 Å². The molecule has 1 saturated heterocycles. The number of hydrogen-bond acceptors (Lipinski definition) is 5. The molecule has 1 rings (SSSR count). The minimum absolute atomic E-state index is 0.0303. The molecule has 94 valence electrons. The van der Waals surface area contributed by atoms with Crippen LogP contribution in [0.25, 0.3) is 0 Å². The van der Waals surface area contributed by atoms with Crippen LogP contribution in [0, 0.1) is 0 Å². The Hall–Kier alpha value is -0.690. The van der Waals surface area contributed by atoms with E-state index in [0.717, 1.165) is 13.1 Å². The van der Waals surface area contributed by atoms with E-state index in [1.807, 2.05) is 0 Å². The van der Waals surface area contributed by atoms with Crippen LogP contribution in [-0.2, 0) is 19.0 Å². The number of ether oxygens (including phenoxy) is 3. The molecule has 1 amide bonds. The fourth-order valence-corrected chi connectivity index (χ4v) is 1.49. The Kier molecular flexibility index (Phi) is 6.32. The number of rotatable bonds is 6. The third-order valence-electron chi connectivity index (χ3n) is 2.41. The van der Waals surface area contributed by atoms with Gasteiger partial charge in [0, 0.05) is 27.3 Å². The van der Waals surface area contributed by atoms with Crippen LogP contribution in [0.5, 0.6) is 0 Å². The third kappa shape index (κ3) is 4.89. The van der Waals surface area contributed by atoms with Gasteiger partial charge in [-0.05, 0) is 0 Å². The second kappa shape index (κ2) is 7.56. The first-order chi connectivity index (χ1) is 7.76. The van der Waals surface area contributed by atoms with Gasteiger partial charge in [-0.25, -0.2) is 0 Å². The summed E-state index contributed by atoms with van der Waals surface area (Å²) in [7, 11) is 3.07. The first kappa shape index (κ1) is 13.4. The standard InChI is InChI=1S/C10H20N2O4/c1-14-10(15-2)7-12-9(13)5-8-6-11-3-4-16-8/h8,10-11H,3-7H2,1-2H3,(H,12,13). The number of nitrogens with one attached hydrogen (secondary N) is 2. The Balaban J connectivity index is 2.14. The van der Waals surface area contributed by atoms with Crippen molar-refractivity contribution in [2.75, 3.05) is 40.5 Å². The highest BCUT2D eigenvalue weighted by atomic mass is 16.7. The van der Waals surface area contributed by atoms with Crippen molar-refractivity contribution in [1.82, 2.24) is 10.6 Å². The molecule has 6 heteroatoms. The van der Waals surface area contributed by atoms with E-state index in [0.29, 0.717) is 19.6 Å². The molecular formula is C10H20N2O4. The predicted octanol–water partition coefficient (Wildman–Crippen LogP) is -0.900. The number of methoxy groups -OCH3 is 2. The van der Waals surface area contributed by atoms with Gasteiger partial charge in [0.25, 0.3) is 0 Å². The van der Waals surface area contributed by atoms with Gasteiger partial charge >= 0.3 is 0 Å². The van der Waals surface area contributed by atoms with E-state index in [-0.39, 0.29) is 12.0 Å². The Morgan fingerprint density at radius 3 is 2.88 bits per heavy atom. The largest absolute Gasteiger partial charge is 0.375 e. The van der Waals surface area contributed by atoms with E-state index in [4.69, 9.17) is 14.2 Å². The van der Waals surface area contributed by atoms with Crippen molar-refractivity contribution in [3.8, 4) is 0 Å². The zero-order valence-corrected chi connectivity index (χ0v) is 9.82. The summed E-state index contributed by atoms with van der Waals surface area (Å²) < 4.78 is 15.3. The van der Waals surface area contributed by atoms with Crippen molar-refractivity contribution in [3.05, 3.63) is 0 Å². The second-order valence-electron chi connectivity index (χ2n) is 3.61. The van der Waals surface area contributed by atoms with Gasteiger partial charge in [-0.1, -0.05) is 0 Å². The lowest BCUT2D eigenvalue weighted by Crippen LogP contribution is -2.42. The van der Waals surface area contributed by atoms with Crippen molar-refractivity contribution in [1.29, 1.82) is 0 Å². The van der Waals surface area contributed by atoms with E-state index in [1.165, 1.54) is 14.2 Å². The summed E-state index contributed by atoms with van der Waals surface area (Å²) in [5, 5.41) is 5.91. The topological polar surface area (TPSA) is 68.8 Å². The summed E-state index contributed by atoms with van der Waals surface area (Å²) in [6, 6.07) is 0. The molecule has 0 bridgehead atoms. The lowest BCUT2D eigenvalue weighted by Gasteiger charge is -2.23. The SMILES string of the molecule is COC(CNC(=O)CC1CNCCO1)OC. The van der Waals surface area contributed by atoms with Gasteiger partial charge in [0.2, 0.25) is 5.91 Å². The Labute approximate surface area is 95.6 Å². The van der Waals surface area contributed by atoms with Crippen molar-refractivity contribution >= 4 is 5.91 Å². The molecule has 1 heterocycles. The lowest BCUT2D eigenvalue weighted by atomic mass is 10.2. The van der Waals surface area contributed by atoms with Gasteiger partial charge in [0.15, 0.2) is 6.29 Å². The van der Waals surface area contributed by atoms with Gasteiger partial charge in [-0.2, -0.15) is 0 Å². The Morgan fingerprint density at radius 1 is 1.56 bits per heavy atom. The van der Waals surface area contributed by atoms with Crippen LogP contribution in [0.15, 0.2) is 0 Å². The summed E-state index contributed by atoms with van der Waals surface area (Å²) in [5.74, 6) is -0.0483. The molecule has 0 saturated carbocycles. The van der Waals surface area contributed by atoms with E-state index < -0.39 is 6.29 Å². The maximum atomic E-state index is 11.5. The van der Waals surface area contributed by atoms with Gasteiger partial charge in [0.05, 0.1) is 25.7 Å². The minimum Gasteiger partial charge on any atom is -0.375 e. The quantitative estimate of drug-likeness (QED) is 0.581. The highest BCUT2D eigenvalue weighted by Gasteiger charge is 2.17. The van der Waals surface area contributed by atoms with Crippen molar-refractivity contribution in [2.45, 2.75) is 18.8 Å². The normalized spacial score (nSPS) is 21.1. The van der Waals surface area contributed by atoms with Crippen molar-refractivity contribution in [2.24, 2.45) is 0 Å². The van der Waals surface area contributed by atoms with Gasteiger partial charge in [-0.15, -0.1) is 0 Å². The molecule has 6 nitrogen and oxygen atoms in total. The van der Waals surface area contributed by atoms with E-state index in [9.17, 15) is 4.79 Å². The van der Waals surface area contributed by atoms with Crippen LogP contribution in [0.2, 0.25) is 0 Å². The molecule has 0 aromatic carbocycles. The summed E-state index contributed by atoms with van der Waals surface area (Å²) in [4.78, 5) is 11.5. The molecule has 0 radical (unpaired) electrons. The molecule has 0 aromatic heterocycles. The fraction of sp³-hybridized carbons (Fsp3) is 0.900. The smallest absolute Gasteiger partial charge is 0.222 e. The van der Waals surface area contributed by atoms with E-state index >= 15 is 0 Å². The maximum absolute atomic E-state index is 11.5. The number of morpholine rings is 1. The van der Waals surface area contributed by atoms with Crippen LogP contribution >= 0.6 is 0 Å². The zero-order valence-electron chi connectivity index (χ0n) is 9.82. The van der Waals surface area contributed by atoms with Gasteiger partial charge in [-0.3, -0.25) is 4.79 Å². The monoisotopic (exact) mass is 232 g/mol. The molecule has 1 aliphatic heterocycles. The molecule has 16 heavy (non-hydrogen) atoms. The van der Waals surface area contributed by atoms with Gasteiger partial charge < -0.3 is 24.8 Å². The summed E-state index contributed by atoms with van der Waals surface area (Å²) in [6.07, 6.45) is -0.0562. The van der Waals surface area contributed by atoms with Crippen LogP contribution < -0.4 is 10.6 Å². The van der Waals surface area contributed by atoms with Crippen molar-refractivity contribution in [3.63, 3.8) is 0 Å². The Morgan fingerprint density at radius 2 is 2.31 bits per heavy atom. The number of hydrogen-bond donors (Lipinski definition) is 2. The molecule has 1 atom stereocenters. The average Bonchev–Trinajstić information content (AvgIpc) is 2.31. The molecule has 2 N–H and O–H groups in total. The van der Waals surface area contributed by atoms with E-state index in [1.54, 1.807) is 0 Å².